The lowest BCUT2D eigenvalue weighted by atomic mass is 10.0. The number of methoxy groups -OCH3 is 1. The highest BCUT2D eigenvalue weighted by atomic mass is 16.5. The van der Waals surface area contributed by atoms with E-state index in [4.69, 9.17) is 4.74 Å². The Hall–Kier alpha value is -2.82. The van der Waals surface area contributed by atoms with E-state index in [-0.39, 0.29) is 18.2 Å². The number of nitrogens with zero attached hydrogens (tertiary/aromatic N) is 1. The van der Waals surface area contributed by atoms with Crippen molar-refractivity contribution in [3.8, 4) is 5.75 Å². The van der Waals surface area contributed by atoms with Crippen LogP contribution in [0.3, 0.4) is 0 Å². The molecule has 3 rings (SSSR count). The summed E-state index contributed by atoms with van der Waals surface area (Å²) in [4.78, 5) is 27.6. The van der Waals surface area contributed by atoms with E-state index in [1.54, 1.807) is 7.11 Å². The Kier molecular flexibility index (Phi) is 7.06. The Morgan fingerprint density at radius 2 is 1.64 bits per heavy atom. The number of ether oxygens (including phenoxy) is 1. The van der Waals surface area contributed by atoms with Crippen molar-refractivity contribution in [1.29, 1.82) is 0 Å². The van der Waals surface area contributed by atoms with Crippen LogP contribution in [0.25, 0.3) is 0 Å². The van der Waals surface area contributed by atoms with Gasteiger partial charge in [0.15, 0.2) is 0 Å². The summed E-state index contributed by atoms with van der Waals surface area (Å²) in [5, 5.41) is 2.98. The lowest BCUT2D eigenvalue weighted by Crippen LogP contribution is -2.51. The van der Waals surface area contributed by atoms with Crippen LogP contribution in [-0.4, -0.2) is 43.0 Å². The number of likely N-dealkylation sites (tertiary alicyclic amines) is 1. The average Bonchev–Trinajstić information content (AvgIpc) is 2.74. The van der Waals surface area contributed by atoms with Gasteiger partial charge in [0.1, 0.15) is 11.8 Å². The lowest BCUT2D eigenvalue weighted by molar-refractivity contribution is -0.137. The van der Waals surface area contributed by atoms with Gasteiger partial charge in [-0.2, -0.15) is 0 Å². The fourth-order valence-corrected chi connectivity index (χ4v) is 3.56. The average molecular weight is 380 g/mol. The van der Waals surface area contributed by atoms with Crippen molar-refractivity contribution >= 4 is 11.8 Å². The first-order chi connectivity index (χ1) is 13.7. The molecule has 1 saturated heterocycles. The topological polar surface area (TPSA) is 58.6 Å². The van der Waals surface area contributed by atoms with Crippen LogP contribution >= 0.6 is 0 Å². The fraction of sp³-hybridized carbons (Fsp3) is 0.391. The van der Waals surface area contributed by atoms with Gasteiger partial charge in [0.05, 0.1) is 13.5 Å². The van der Waals surface area contributed by atoms with Gasteiger partial charge in [-0.05, 0) is 42.5 Å². The highest BCUT2D eigenvalue weighted by Gasteiger charge is 2.27. The normalized spacial score (nSPS) is 15.0. The molecule has 1 aliphatic rings. The maximum atomic E-state index is 13.1. The lowest BCUT2D eigenvalue weighted by Gasteiger charge is -2.31. The highest BCUT2D eigenvalue weighted by Crippen LogP contribution is 2.14. The SMILES string of the molecule is COc1ccc(CC(=O)N[C@@H](Cc2ccccc2)C(=O)N2CCCCC2)cc1. The second-order valence-electron chi connectivity index (χ2n) is 7.22. The van der Waals surface area contributed by atoms with Crippen molar-refractivity contribution < 1.29 is 14.3 Å². The van der Waals surface area contributed by atoms with Crippen molar-refractivity contribution in [1.82, 2.24) is 10.2 Å². The minimum atomic E-state index is -0.536. The van der Waals surface area contributed by atoms with Crippen LogP contribution in [-0.2, 0) is 22.4 Å². The maximum Gasteiger partial charge on any atom is 0.245 e. The number of hydrogen-bond donors (Lipinski definition) is 1. The van der Waals surface area contributed by atoms with Gasteiger partial charge in [-0.25, -0.2) is 0 Å². The molecule has 1 aliphatic heterocycles. The van der Waals surface area contributed by atoms with E-state index >= 15 is 0 Å². The van der Waals surface area contributed by atoms with Crippen LogP contribution in [0, 0.1) is 0 Å². The molecule has 2 aromatic rings. The Balaban J connectivity index is 1.67. The minimum absolute atomic E-state index is 0.0200. The second kappa shape index (κ2) is 9.93. The molecule has 0 unspecified atom stereocenters. The molecule has 5 heteroatoms. The molecule has 0 bridgehead atoms. The van der Waals surface area contributed by atoms with Gasteiger partial charge in [-0.3, -0.25) is 9.59 Å². The monoisotopic (exact) mass is 380 g/mol. The molecule has 5 nitrogen and oxygen atoms in total. The fourth-order valence-electron chi connectivity index (χ4n) is 3.56. The van der Waals surface area contributed by atoms with Crippen molar-refractivity contribution in [3.05, 3.63) is 65.7 Å². The van der Waals surface area contributed by atoms with E-state index in [9.17, 15) is 9.59 Å². The first-order valence-electron chi connectivity index (χ1n) is 9.90. The van der Waals surface area contributed by atoms with Crippen molar-refractivity contribution in [2.45, 2.75) is 38.1 Å². The molecule has 1 heterocycles. The number of piperidine rings is 1. The van der Waals surface area contributed by atoms with Crippen LogP contribution < -0.4 is 10.1 Å². The van der Waals surface area contributed by atoms with Crippen molar-refractivity contribution in [2.24, 2.45) is 0 Å². The third-order valence-corrected chi connectivity index (χ3v) is 5.11. The van der Waals surface area contributed by atoms with Gasteiger partial charge in [-0.15, -0.1) is 0 Å². The second-order valence-corrected chi connectivity index (χ2v) is 7.22. The molecule has 1 fully saturated rings. The molecule has 0 radical (unpaired) electrons. The van der Waals surface area contributed by atoms with E-state index in [2.05, 4.69) is 5.32 Å². The van der Waals surface area contributed by atoms with Crippen LogP contribution in [0.2, 0.25) is 0 Å². The summed E-state index contributed by atoms with van der Waals surface area (Å²) in [6, 6.07) is 16.7. The zero-order chi connectivity index (χ0) is 19.8. The molecule has 28 heavy (non-hydrogen) atoms. The molecular formula is C23H28N2O3. The smallest absolute Gasteiger partial charge is 0.245 e. The van der Waals surface area contributed by atoms with E-state index in [0.29, 0.717) is 6.42 Å². The molecule has 1 atom stereocenters. The number of carbonyl (C=O) groups excluding carboxylic acids is 2. The largest absolute Gasteiger partial charge is 0.497 e. The minimum Gasteiger partial charge on any atom is -0.497 e. The number of benzene rings is 2. The first-order valence-corrected chi connectivity index (χ1v) is 9.90. The molecule has 2 aromatic carbocycles. The zero-order valence-corrected chi connectivity index (χ0v) is 16.4. The van der Waals surface area contributed by atoms with E-state index in [0.717, 1.165) is 49.2 Å². The number of hydrogen-bond acceptors (Lipinski definition) is 3. The van der Waals surface area contributed by atoms with Crippen molar-refractivity contribution in [2.75, 3.05) is 20.2 Å². The summed E-state index contributed by atoms with van der Waals surface area (Å²) in [5.41, 5.74) is 1.93. The Bertz CT molecular complexity index is 768. The quantitative estimate of drug-likeness (QED) is 0.803. The summed E-state index contributed by atoms with van der Waals surface area (Å²) in [7, 11) is 1.61. The number of rotatable bonds is 7. The summed E-state index contributed by atoms with van der Waals surface area (Å²) >= 11 is 0. The molecule has 0 aliphatic carbocycles. The predicted octanol–water partition coefficient (Wildman–Crippen LogP) is 2.98. The first kappa shape index (κ1) is 19.9. The van der Waals surface area contributed by atoms with Crippen LogP contribution in [0.4, 0.5) is 0 Å². The zero-order valence-electron chi connectivity index (χ0n) is 16.4. The predicted molar refractivity (Wildman–Crippen MR) is 109 cm³/mol. The van der Waals surface area contributed by atoms with Crippen LogP contribution in [0.1, 0.15) is 30.4 Å². The van der Waals surface area contributed by atoms with Gasteiger partial charge in [0.25, 0.3) is 0 Å². The highest BCUT2D eigenvalue weighted by molar-refractivity contribution is 5.88. The molecule has 148 valence electrons. The van der Waals surface area contributed by atoms with Gasteiger partial charge >= 0.3 is 0 Å². The van der Waals surface area contributed by atoms with Gasteiger partial charge in [-0.1, -0.05) is 42.5 Å². The summed E-state index contributed by atoms with van der Waals surface area (Å²) in [6.45, 7) is 1.55. The standard InChI is InChI=1S/C23H28N2O3/c1-28-20-12-10-19(11-13-20)17-22(26)24-21(16-18-8-4-2-5-9-18)23(27)25-14-6-3-7-15-25/h2,4-5,8-13,21H,3,6-7,14-17H2,1H3,(H,24,26)/t21-/m0/s1. The van der Waals surface area contributed by atoms with Gasteiger partial charge < -0.3 is 15.0 Å². The molecule has 0 spiro atoms. The Morgan fingerprint density at radius 3 is 2.29 bits per heavy atom. The van der Waals surface area contributed by atoms with Crippen LogP contribution in [0.5, 0.6) is 5.75 Å². The van der Waals surface area contributed by atoms with Crippen LogP contribution in [0.15, 0.2) is 54.6 Å². The Morgan fingerprint density at radius 1 is 0.964 bits per heavy atom. The molecular weight excluding hydrogens is 352 g/mol. The third-order valence-electron chi connectivity index (χ3n) is 5.11. The maximum absolute atomic E-state index is 13.1. The van der Waals surface area contributed by atoms with E-state index < -0.39 is 6.04 Å². The summed E-state index contributed by atoms with van der Waals surface area (Å²) < 4.78 is 5.15. The van der Waals surface area contributed by atoms with Gasteiger partial charge in [0.2, 0.25) is 11.8 Å². The van der Waals surface area contributed by atoms with Crippen molar-refractivity contribution in [3.63, 3.8) is 0 Å². The molecule has 0 aromatic heterocycles. The molecule has 1 N–H and O–H groups in total. The summed E-state index contributed by atoms with van der Waals surface area (Å²) in [6.07, 6.45) is 3.97. The van der Waals surface area contributed by atoms with E-state index in [1.807, 2.05) is 59.5 Å². The molecule has 2 amide bonds. The van der Waals surface area contributed by atoms with Gasteiger partial charge in [0, 0.05) is 19.5 Å². The number of amides is 2. The molecule has 0 saturated carbocycles. The number of nitrogens with one attached hydrogen (secondary N) is 1. The number of carbonyl (C=O) groups is 2. The Labute approximate surface area is 166 Å². The third kappa shape index (κ3) is 5.59. The van der Waals surface area contributed by atoms with E-state index in [1.165, 1.54) is 0 Å². The summed E-state index contributed by atoms with van der Waals surface area (Å²) in [5.74, 6) is 0.634.